The molecular weight excluding hydrogens is 502 g/mol. The van der Waals surface area contributed by atoms with Crippen LogP contribution in [0.2, 0.25) is 5.02 Å². The number of amides is 1. The third-order valence-electron chi connectivity index (χ3n) is 5.29. The predicted octanol–water partition coefficient (Wildman–Crippen LogP) is 5.73. The molecule has 0 unspecified atom stereocenters. The minimum absolute atomic E-state index is 0.0735. The van der Waals surface area contributed by atoms with Crippen molar-refractivity contribution >= 4 is 63.5 Å². The summed E-state index contributed by atoms with van der Waals surface area (Å²) in [5, 5.41) is 10.4. The summed E-state index contributed by atoms with van der Waals surface area (Å²) in [5.74, 6) is 0.958. The Morgan fingerprint density at radius 1 is 1.09 bits per heavy atom. The van der Waals surface area contributed by atoms with E-state index in [9.17, 15) is 4.79 Å². The third-order valence-corrected chi connectivity index (χ3v) is 7.43. The first-order chi connectivity index (χ1) is 17.1. The maximum atomic E-state index is 12.8. The van der Waals surface area contributed by atoms with Gasteiger partial charge in [0, 0.05) is 17.6 Å². The van der Waals surface area contributed by atoms with E-state index >= 15 is 0 Å². The van der Waals surface area contributed by atoms with Crippen molar-refractivity contribution in [2.75, 3.05) is 6.61 Å². The summed E-state index contributed by atoms with van der Waals surface area (Å²) in [5.41, 5.74) is 2.15. The van der Waals surface area contributed by atoms with Gasteiger partial charge in [0.25, 0.3) is 5.91 Å². The minimum atomic E-state index is -0.446. The molecule has 7 nitrogen and oxygen atoms in total. The number of thioether (sulfide) groups is 1. The molecule has 0 spiro atoms. The van der Waals surface area contributed by atoms with Crippen LogP contribution < -0.4 is 4.74 Å². The maximum Gasteiger partial charge on any atom is 0.283 e. The molecule has 0 saturated heterocycles. The van der Waals surface area contributed by atoms with Gasteiger partial charge in [-0.15, -0.1) is 0 Å². The van der Waals surface area contributed by atoms with Gasteiger partial charge in [-0.1, -0.05) is 65.8 Å². The van der Waals surface area contributed by atoms with Crippen molar-refractivity contribution in [1.29, 1.82) is 5.41 Å². The molecule has 1 amide bonds. The number of nitrogens with zero attached hydrogens (tertiary/aromatic N) is 4. The number of halogens is 1. The lowest BCUT2D eigenvalue weighted by atomic mass is 10.1. The van der Waals surface area contributed by atoms with Gasteiger partial charge in [0.15, 0.2) is 5.17 Å². The molecule has 1 N–H and O–H groups in total. The highest BCUT2D eigenvalue weighted by atomic mass is 35.5. The molecule has 2 aliphatic rings. The second kappa shape index (κ2) is 10.6. The number of para-hydroxylation sites is 1. The van der Waals surface area contributed by atoms with E-state index in [1.165, 1.54) is 11.8 Å². The quantitative estimate of drug-likeness (QED) is 0.317. The number of nitrogens with one attached hydrogen (secondary N) is 1. The first-order valence-electron chi connectivity index (χ1n) is 10.8. The number of hydrogen-bond donors (Lipinski definition) is 1. The molecular formula is C25H20ClN5O2S2. The molecule has 0 saturated carbocycles. The molecule has 0 radical (unpaired) electrons. The maximum absolute atomic E-state index is 12.8. The highest BCUT2D eigenvalue weighted by Gasteiger charge is 2.37. The lowest BCUT2D eigenvalue weighted by molar-refractivity contribution is -0.114. The van der Waals surface area contributed by atoms with Crippen molar-refractivity contribution in [2.45, 2.75) is 12.3 Å². The normalized spacial score (nSPS) is 16.4. The van der Waals surface area contributed by atoms with Crippen LogP contribution in [0.1, 0.15) is 11.3 Å². The molecule has 0 bridgehead atoms. The minimum Gasteiger partial charge on any atom is -0.490 e. The molecule has 2 aliphatic heterocycles. The molecule has 176 valence electrons. The summed E-state index contributed by atoms with van der Waals surface area (Å²) >= 11 is 8.79. The van der Waals surface area contributed by atoms with E-state index in [0.29, 0.717) is 40.0 Å². The van der Waals surface area contributed by atoms with Crippen molar-refractivity contribution in [3.05, 3.63) is 94.8 Å². The van der Waals surface area contributed by atoms with Gasteiger partial charge in [-0.25, -0.2) is 4.90 Å². The summed E-state index contributed by atoms with van der Waals surface area (Å²) in [6.45, 7) is 0.949. The van der Waals surface area contributed by atoms with Crippen LogP contribution in [0.5, 0.6) is 5.75 Å². The molecule has 0 atom stereocenters. The largest absolute Gasteiger partial charge is 0.490 e. The predicted molar refractivity (Wildman–Crippen MR) is 144 cm³/mol. The second-order valence-corrected chi connectivity index (χ2v) is 9.67. The van der Waals surface area contributed by atoms with Crippen molar-refractivity contribution in [3.63, 3.8) is 0 Å². The molecule has 0 fully saturated rings. The van der Waals surface area contributed by atoms with Crippen LogP contribution in [0.15, 0.2) is 87.9 Å². The summed E-state index contributed by atoms with van der Waals surface area (Å²) in [4.78, 5) is 18.6. The Morgan fingerprint density at radius 2 is 1.89 bits per heavy atom. The van der Waals surface area contributed by atoms with Gasteiger partial charge in [0.05, 0.1) is 29.1 Å². The van der Waals surface area contributed by atoms with Crippen molar-refractivity contribution in [1.82, 2.24) is 9.47 Å². The number of aliphatic imine (C=N–C) groups is 1. The first-order valence-corrected chi connectivity index (χ1v) is 12.9. The molecule has 3 aromatic rings. The monoisotopic (exact) mass is 521 g/mol. The average Bonchev–Trinajstić information content (AvgIpc) is 3.49. The van der Waals surface area contributed by atoms with E-state index in [1.54, 1.807) is 17.0 Å². The Bertz CT molecular complexity index is 1370. The van der Waals surface area contributed by atoms with E-state index in [0.717, 1.165) is 23.2 Å². The van der Waals surface area contributed by atoms with E-state index in [-0.39, 0.29) is 11.4 Å². The van der Waals surface area contributed by atoms with Gasteiger partial charge in [0.1, 0.15) is 18.2 Å². The molecule has 2 aromatic carbocycles. The van der Waals surface area contributed by atoms with Crippen LogP contribution >= 0.6 is 35.3 Å². The SMILES string of the molecule is N=C1C(=Cc2cccn2CCOc2ccccc2Cl)C(=O)N=C2SN=C(SCc3ccccc3)N12. The number of amidine groups is 3. The summed E-state index contributed by atoms with van der Waals surface area (Å²) in [6.07, 6.45) is 3.60. The zero-order chi connectivity index (χ0) is 24.2. The molecule has 10 heteroatoms. The van der Waals surface area contributed by atoms with Gasteiger partial charge < -0.3 is 9.30 Å². The highest BCUT2D eigenvalue weighted by molar-refractivity contribution is 8.18. The van der Waals surface area contributed by atoms with Crippen molar-refractivity contribution in [3.8, 4) is 5.75 Å². The number of carbonyl (C=O) groups excluding carboxylic acids is 1. The Hall–Kier alpha value is -3.27. The van der Waals surface area contributed by atoms with Crippen LogP contribution in [-0.4, -0.2) is 38.2 Å². The van der Waals surface area contributed by atoms with E-state index < -0.39 is 5.91 Å². The van der Waals surface area contributed by atoms with Gasteiger partial charge in [-0.2, -0.15) is 9.39 Å². The van der Waals surface area contributed by atoms with Gasteiger partial charge >= 0.3 is 0 Å². The number of carbonyl (C=O) groups is 1. The Morgan fingerprint density at radius 3 is 2.71 bits per heavy atom. The number of hydrogen-bond acceptors (Lipinski definition) is 6. The van der Waals surface area contributed by atoms with E-state index in [1.807, 2.05) is 71.4 Å². The number of fused-ring (bicyclic) bond motifs is 1. The zero-order valence-electron chi connectivity index (χ0n) is 18.4. The van der Waals surface area contributed by atoms with Crippen LogP contribution in [0, 0.1) is 5.41 Å². The van der Waals surface area contributed by atoms with Crippen LogP contribution in [0.3, 0.4) is 0 Å². The fourth-order valence-electron chi connectivity index (χ4n) is 3.54. The van der Waals surface area contributed by atoms with Gasteiger partial charge in [-0.3, -0.25) is 10.2 Å². The van der Waals surface area contributed by atoms with Crippen molar-refractivity contribution < 1.29 is 9.53 Å². The average molecular weight is 522 g/mol. The topological polar surface area (TPSA) is 83.0 Å². The zero-order valence-corrected chi connectivity index (χ0v) is 20.8. The van der Waals surface area contributed by atoms with E-state index in [4.69, 9.17) is 21.7 Å². The molecule has 0 aliphatic carbocycles. The standard InChI is InChI=1S/C25H20ClN5O2S2/c26-20-10-4-5-11-21(20)33-14-13-30-12-6-9-18(30)15-19-22(27)31-24(28-23(19)32)35-29-25(31)34-16-17-7-2-1-3-8-17/h1-12,15,27H,13-14,16H2. The van der Waals surface area contributed by atoms with E-state index in [2.05, 4.69) is 9.39 Å². The smallest absolute Gasteiger partial charge is 0.283 e. The number of ether oxygens (including phenoxy) is 1. The number of rotatable bonds is 7. The fourth-order valence-corrected chi connectivity index (χ4v) is 5.53. The highest BCUT2D eigenvalue weighted by Crippen LogP contribution is 2.33. The number of benzene rings is 2. The summed E-state index contributed by atoms with van der Waals surface area (Å²) in [7, 11) is 0. The Labute approximate surface area is 216 Å². The Kier molecular flexibility index (Phi) is 7.08. The van der Waals surface area contributed by atoms with Crippen LogP contribution in [-0.2, 0) is 17.1 Å². The Balaban J connectivity index is 1.29. The molecule has 35 heavy (non-hydrogen) atoms. The molecule has 5 rings (SSSR count). The third kappa shape index (κ3) is 5.22. The second-order valence-electron chi connectivity index (χ2n) is 7.59. The first kappa shape index (κ1) is 23.5. The van der Waals surface area contributed by atoms with Crippen LogP contribution in [0.4, 0.5) is 0 Å². The lowest BCUT2D eigenvalue weighted by Crippen LogP contribution is -2.41. The number of aromatic nitrogens is 1. The van der Waals surface area contributed by atoms with Gasteiger partial charge in [-0.05, 0) is 35.9 Å². The summed E-state index contributed by atoms with van der Waals surface area (Å²) < 4.78 is 12.2. The fraction of sp³-hybridized carbons (Fsp3) is 0.120. The lowest BCUT2D eigenvalue weighted by Gasteiger charge is -2.24. The van der Waals surface area contributed by atoms with Crippen molar-refractivity contribution in [2.24, 2.45) is 9.39 Å². The summed E-state index contributed by atoms with van der Waals surface area (Å²) in [6, 6.07) is 21.2. The van der Waals surface area contributed by atoms with Crippen LogP contribution in [0.25, 0.3) is 6.08 Å². The molecule has 3 heterocycles. The van der Waals surface area contributed by atoms with Gasteiger partial charge in [0.2, 0.25) is 5.17 Å². The molecule has 1 aromatic heterocycles.